The lowest BCUT2D eigenvalue weighted by Crippen LogP contribution is -2.31. The van der Waals surface area contributed by atoms with Gasteiger partial charge in [-0.1, -0.05) is 11.3 Å². The first kappa shape index (κ1) is 10.1. The fraction of sp³-hybridized carbons (Fsp3) is 0.889. The van der Waals surface area contributed by atoms with Crippen LogP contribution in [0.2, 0.25) is 0 Å². The van der Waals surface area contributed by atoms with Crippen LogP contribution in [-0.2, 0) is 11.4 Å². The number of rotatable bonds is 1. The van der Waals surface area contributed by atoms with E-state index in [0.717, 1.165) is 12.1 Å². The molecule has 3 heteroatoms. The minimum absolute atomic E-state index is 0.206. The second kappa shape index (κ2) is 3.38. The van der Waals surface area contributed by atoms with Gasteiger partial charge in [-0.2, -0.15) is 0 Å². The van der Waals surface area contributed by atoms with Crippen LogP contribution in [0.3, 0.4) is 0 Å². The smallest absolute Gasteiger partial charge is 0.144 e. The van der Waals surface area contributed by atoms with Crippen molar-refractivity contribution >= 4 is 17.1 Å². The third-order valence-electron chi connectivity index (χ3n) is 2.13. The van der Waals surface area contributed by atoms with Crippen LogP contribution in [0.5, 0.6) is 0 Å². The molecule has 1 aliphatic rings. The minimum atomic E-state index is -1.05. The van der Waals surface area contributed by atoms with E-state index in [4.69, 9.17) is 0 Å². The molecule has 0 aromatic rings. The molecule has 0 aliphatic heterocycles. The fourth-order valence-electron chi connectivity index (χ4n) is 0.941. The maximum absolute atomic E-state index is 11.5. The van der Waals surface area contributed by atoms with Gasteiger partial charge in [0.05, 0.1) is 5.71 Å². The van der Waals surface area contributed by atoms with Crippen LogP contribution >= 0.6 is 0 Å². The van der Waals surface area contributed by atoms with Crippen LogP contribution in [0.1, 0.15) is 40.5 Å². The van der Waals surface area contributed by atoms with Gasteiger partial charge in [-0.25, -0.2) is 0 Å². The number of hydrogen-bond acceptors (Lipinski definition) is 2. The summed E-state index contributed by atoms with van der Waals surface area (Å²) in [5.74, 6) is 0.566. The van der Waals surface area contributed by atoms with Crippen molar-refractivity contribution in [3.05, 3.63) is 0 Å². The standard InChI is InChI=1S/C9H17NOS/c1-7-5-6-8(7)10-12(11)9(2,3)4/h7H,5-6H2,1-4H3/t7?,12-/m0/s1. The van der Waals surface area contributed by atoms with Crippen LogP contribution in [0.4, 0.5) is 0 Å². The van der Waals surface area contributed by atoms with E-state index in [1.54, 1.807) is 0 Å². The van der Waals surface area contributed by atoms with Gasteiger partial charge >= 0.3 is 0 Å². The van der Waals surface area contributed by atoms with Gasteiger partial charge in [-0.15, -0.1) is 0 Å². The molecule has 0 radical (unpaired) electrons. The van der Waals surface area contributed by atoms with Gasteiger partial charge in [0.25, 0.3) is 0 Å². The van der Waals surface area contributed by atoms with Gasteiger partial charge in [0, 0.05) is 0 Å². The Morgan fingerprint density at radius 1 is 1.50 bits per heavy atom. The molecule has 2 nitrogen and oxygen atoms in total. The third-order valence-corrected chi connectivity index (χ3v) is 3.57. The molecule has 0 heterocycles. The molecule has 0 amide bonds. The summed E-state index contributed by atoms with van der Waals surface area (Å²) in [7, 11) is 0. The van der Waals surface area contributed by atoms with E-state index in [1.165, 1.54) is 6.42 Å². The van der Waals surface area contributed by atoms with E-state index in [1.807, 2.05) is 20.8 Å². The number of nitrogens with zero attached hydrogens (tertiary/aromatic N) is 1. The summed E-state index contributed by atoms with van der Waals surface area (Å²) in [5.41, 5.74) is 1.14. The van der Waals surface area contributed by atoms with Crippen molar-refractivity contribution in [2.24, 2.45) is 10.3 Å². The van der Waals surface area contributed by atoms with Crippen LogP contribution in [0.25, 0.3) is 0 Å². The second-order valence-electron chi connectivity index (χ2n) is 4.38. The molecule has 2 atom stereocenters. The van der Waals surface area contributed by atoms with Gasteiger partial charge in [0.15, 0.2) is 0 Å². The average Bonchev–Trinajstić information content (AvgIpc) is 1.95. The van der Waals surface area contributed by atoms with E-state index in [2.05, 4.69) is 11.3 Å². The van der Waals surface area contributed by atoms with E-state index < -0.39 is 11.4 Å². The molecule has 0 aromatic carbocycles. The molecule has 1 rings (SSSR count). The van der Waals surface area contributed by atoms with Crippen LogP contribution in [0, 0.1) is 5.92 Å². The zero-order valence-electron chi connectivity index (χ0n) is 8.26. The molecule has 0 aromatic heterocycles. The summed E-state index contributed by atoms with van der Waals surface area (Å²) >= 11 is -1.05. The fourth-order valence-corrected chi connectivity index (χ4v) is 1.70. The van der Waals surface area contributed by atoms with Gasteiger partial charge in [-0.05, 0) is 39.5 Å². The maximum atomic E-state index is 11.5. The highest BCUT2D eigenvalue weighted by Gasteiger charge is 2.30. The van der Waals surface area contributed by atoms with Crippen molar-refractivity contribution in [3.8, 4) is 0 Å². The summed E-state index contributed by atoms with van der Waals surface area (Å²) in [4.78, 5) is 0. The normalized spacial score (nSPS) is 30.1. The summed E-state index contributed by atoms with van der Waals surface area (Å²) < 4.78 is 15.6. The molecular formula is C9H17NOS. The van der Waals surface area contributed by atoms with E-state index in [9.17, 15) is 4.55 Å². The molecule has 1 fully saturated rings. The minimum Gasteiger partial charge on any atom is -0.591 e. The van der Waals surface area contributed by atoms with Crippen molar-refractivity contribution in [2.75, 3.05) is 0 Å². The molecule has 12 heavy (non-hydrogen) atoms. The molecule has 0 bridgehead atoms. The third kappa shape index (κ3) is 2.23. The predicted molar refractivity (Wildman–Crippen MR) is 53.7 cm³/mol. The summed E-state index contributed by atoms with van der Waals surface area (Å²) in [6.07, 6.45) is 2.25. The Bertz CT molecular complexity index is 195. The largest absolute Gasteiger partial charge is 0.591 e. The monoisotopic (exact) mass is 187 g/mol. The summed E-state index contributed by atoms with van der Waals surface area (Å²) in [5, 5.41) is 0. The van der Waals surface area contributed by atoms with Crippen LogP contribution < -0.4 is 0 Å². The van der Waals surface area contributed by atoms with Crippen LogP contribution in [0.15, 0.2) is 4.40 Å². The van der Waals surface area contributed by atoms with E-state index in [-0.39, 0.29) is 4.75 Å². The molecule has 1 unspecified atom stereocenters. The Kier molecular flexibility index (Phi) is 2.84. The van der Waals surface area contributed by atoms with E-state index >= 15 is 0 Å². The lowest BCUT2D eigenvalue weighted by molar-refractivity contribution is 0.556. The quantitative estimate of drug-likeness (QED) is 0.580. The zero-order chi connectivity index (χ0) is 9.35. The van der Waals surface area contributed by atoms with Gasteiger partial charge in [0.2, 0.25) is 0 Å². The van der Waals surface area contributed by atoms with Crippen LogP contribution in [-0.4, -0.2) is 15.0 Å². The Labute approximate surface area is 77.8 Å². The van der Waals surface area contributed by atoms with E-state index in [0.29, 0.717) is 5.92 Å². The van der Waals surface area contributed by atoms with Crippen molar-refractivity contribution in [2.45, 2.75) is 45.3 Å². The van der Waals surface area contributed by atoms with Crippen molar-refractivity contribution in [1.29, 1.82) is 0 Å². The number of hydrogen-bond donors (Lipinski definition) is 0. The van der Waals surface area contributed by atoms with Crippen molar-refractivity contribution in [1.82, 2.24) is 0 Å². The molecule has 0 spiro atoms. The SMILES string of the molecule is CC1CCC1=N[S@@+]([O-])C(C)(C)C. The average molecular weight is 187 g/mol. The Morgan fingerprint density at radius 3 is 2.33 bits per heavy atom. The summed E-state index contributed by atoms with van der Waals surface area (Å²) in [6, 6.07) is 0. The highest BCUT2D eigenvalue weighted by molar-refractivity contribution is 7.91. The lowest BCUT2D eigenvalue weighted by Gasteiger charge is -2.26. The second-order valence-corrected chi connectivity index (χ2v) is 6.29. The Morgan fingerprint density at radius 2 is 2.08 bits per heavy atom. The lowest BCUT2D eigenvalue weighted by atomic mass is 9.85. The first-order valence-corrected chi connectivity index (χ1v) is 5.51. The molecule has 70 valence electrons. The van der Waals surface area contributed by atoms with Crippen molar-refractivity contribution in [3.63, 3.8) is 0 Å². The summed E-state index contributed by atoms with van der Waals surface area (Å²) in [6.45, 7) is 8.01. The van der Waals surface area contributed by atoms with Gasteiger partial charge in [0.1, 0.15) is 16.1 Å². The van der Waals surface area contributed by atoms with Crippen molar-refractivity contribution < 1.29 is 4.55 Å². The molecular weight excluding hydrogens is 170 g/mol. The highest BCUT2D eigenvalue weighted by Crippen LogP contribution is 2.26. The first-order valence-electron chi connectivity index (χ1n) is 4.40. The zero-order valence-corrected chi connectivity index (χ0v) is 9.07. The topological polar surface area (TPSA) is 35.4 Å². The Hall–Kier alpha value is -0.0200. The molecule has 1 saturated carbocycles. The predicted octanol–water partition coefficient (Wildman–Crippen LogP) is 2.32. The van der Waals surface area contributed by atoms with Gasteiger partial charge in [-0.3, -0.25) is 0 Å². The molecule has 0 N–H and O–H groups in total. The molecule has 0 saturated heterocycles. The van der Waals surface area contributed by atoms with Gasteiger partial charge < -0.3 is 4.55 Å². The molecule has 1 aliphatic carbocycles. The highest BCUT2D eigenvalue weighted by atomic mass is 32.2. The Balaban J connectivity index is 2.55. The first-order chi connectivity index (χ1) is 5.41. The maximum Gasteiger partial charge on any atom is 0.144 e.